The lowest BCUT2D eigenvalue weighted by molar-refractivity contribution is -0.0126. The van der Waals surface area contributed by atoms with E-state index in [2.05, 4.69) is 4.72 Å². The molecule has 6 nitrogen and oxygen atoms in total. The van der Waals surface area contributed by atoms with Crippen molar-refractivity contribution in [2.45, 2.75) is 31.6 Å². The molecule has 2 N–H and O–H groups in total. The van der Waals surface area contributed by atoms with E-state index in [0.29, 0.717) is 42.9 Å². The first-order chi connectivity index (χ1) is 10.8. The van der Waals surface area contributed by atoms with Crippen molar-refractivity contribution in [1.29, 1.82) is 0 Å². The fraction of sp³-hybridized carbons (Fsp3) is 0.625. The van der Waals surface area contributed by atoms with Gasteiger partial charge in [-0.15, -0.1) is 0 Å². The molecule has 0 unspecified atom stereocenters. The van der Waals surface area contributed by atoms with Gasteiger partial charge < -0.3 is 14.6 Å². The summed E-state index contributed by atoms with van der Waals surface area (Å²) in [6.07, 6.45) is 1.29. The van der Waals surface area contributed by atoms with Crippen LogP contribution < -0.4 is 9.46 Å². The topological polar surface area (TPSA) is 84.9 Å². The van der Waals surface area contributed by atoms with E-state index in [1.54, 1.807) is 33.1 Å². The number of sulfonamides is 1. The largest absolute Gasteiger partial charge is 0.497 e. The third kappa shape index (κ3) is 4.03. The van der Waals surface area contributed by atoms with Crippen LogP contribution in [-0.2, 0) is 14.8 Å². The van der Waals surface area contributed by atoms with E-state index in [9.17, 15) is 13.5 Å². The van der Waals surface area contributed by atoms with Gasteiger partial charge in [0.05, 0.1) is 18.6 Å². The minimum Gasteiger partial charge on any atom is -0.497 e. The SMILES string of the molecule is COc1cc(C)c(S(=O)(=O)NCC2(CO)CCOCC2)c(C)c1. The Hall–Kier alpha value is -1.15. The Kier molecular flexibility index (Phi) is 5.67. The number of aryl methyl sites for hydroxylation is 2. The van der Waals surface area contributed by atoms with Gasteiger partial charge in [0.2, 0.25) is 10.0 Å². The third-order valence-corrected chi connectivity index (χ3v) is 6.17. The van der Waals surface area contributed by atoms with Crippen molar-refractivity contribution in [3.63, 3.8) is 0 Å². The van der Waals surface area contributed by atoms with Gasteiger partial charge in [-0.25, -0.2) is 13.1 Å². The minimum absolute atomic E-state index is 0.0561. The van der Waals surface area contributed by atoms with Gasteiger partial charge in [0.15, 0.2) is 0 Å². The van der Waals surface area contributed by atoms with Crippen LogP contribution in [-0.4, -0.2) is 47.0 Å². The lowest BCUT2D eigenvalue weighted by Crippen LogP contribution is -2.43. The van der Waals surface area contributed by atoms with Crippen molar-refractivity contribution in [2.24, 2.45) is 5.41 Å². The Bertz CT molecular complexity index is 627. The van der Waals surface area contributed by atoms with Crippen LogP contribution in [0.5, 0.6) is 5.75 Å². The monoisotopic (exact) mass is 343 g/mol. The Morgan fingerprint density at radius 1 is 1.26 bits per heavy atom. The van der Waals surface area contributed by atoms with Gasteiger partial charge >= 0.3 is 0 Å². The van der Waals surface area contributed by atoms with E-state index in [1.165, 1.54) is 0 Å². The van der Waals surface area contributed by atoms with Crippen molar-refractivity contribution in [3.05, 3.63) is 23.3 Å². The Balaban J connectivity index is 2.22. The van der Waals surface area contributed by atoms with Crippen LogP contribution in [0.4, 0.5) is 0 Å². The molecule has 7 heteroatoms. The molecular formula is C16H25NO5S. The number of rotatable bonds is 6. The normalized spacial score (nSPS) is 17.9. The fourth-order valence-electron chi connectivity index (χ4n) is 2.97. The molecule has 1 saturated heterocycles. The summed E-state index contributed by atoms with van der Waals surface area (Å²) in [5, 5.41) is 9.68. The van der Waals surface area contributed by atoms with Gasteiger partial charge in [-0.05, 0) is 49.9 Å². The molecule has 1 fully saturated rings. The maximum absolute atomic E-state index is 12.7. The van der Waals surface area contributed by atoms with Crippen LogP contribution in [0, 0.1) is 19.3 Å². The molecule has 0 spiro atoms. The van der Waals surface area contributed by atoms with Gasteiger partial charge in [0.1, 0.15) is 5.75 Å². The predicted octanol–water partition coefficient (Wildman–Crippen LogP) is 1.38. The molecule has 1 aliphatic heterocycles. The molecule has 1 aromatic carbocycles. The lowest BCUT2D eigenvalue weighted by atomic mass is 9.81. The highest BCUT2D eigenvalue weighted by atomic mass is 32.2. The molecule has 0 amide bonds. The Labute approximate surface area is 137 Å². The summed E-state index contributed by atoms with van der Waals surface area (Å²) in [5.74, 6) is 0.634. The van der Waals surface area contributed by atoms with Crippen molar-refractivity contribution < 1.29 is 23.0 Å². The highest BCUT2D eigenvalue weighted by Gasteiger charge is 2.34. The van der Waals surface area contributed by atoms with E-state index in [1.807, 2.05) is 0 Å². The zero-order valence-electron chi connectivity index (χ0n) is 13.9. The molecule has 1 heterocycles. The molecule has 2 rings (SSSR count). The van der Waals surface area contributed by atoms with Crippen LogP contribution in [0.3, 0.4) is 0 Å². The first-order valence-electron chi connectivity index (χ1n) is 7.67. The second-order valence-electron chi connectivity index (χ2n) is 6.19. The van der Waals surface area contributed by atoms with Crippen molar-refractivity contribution in [2.75, 3.05) is 33.5 Å². The van der Waals surface area contributed by atoms with E-state index >= 15 is 0 Å². The number of aliphatic hydroxyl groups excluding tert-OH is 1. The van der Waals surface area contributed by atoms with E-state index in [-0.39, 0.29) is 18.0 Å². The average molecular weight is 343 g/mol. The molecule has 0 atom stereocenters. The molecule has 1 aromatic rings. The number of hydrogen-bond acceptors (Lipinski definition) is 5. The molecule has 23 heavy (non-hydrogen) atoms. The van der Waals surface area contributed by atoms with Crippen LogP contribution in [0.15, 0.2) is 17.0 Å². The summed E-state index contributed by atoms with van der Waals surface area (Å²) in [5.41, 5.74) is 0.832. The van der Waals surface area contributed by atoms with Gasteiger partial charge in [-0.1, -0.05) is 0 Å². The molecule has 0 radical (unpaired) electrons. The van der Waals surface area contributed by atoms with Gasteiger partial charge in [0, 0.05) is 25.2 Å². The molecule has 130 valence electrons. The second kappa shape index (κ2) is 7.17. The van der Waals surface area contributed by atoms with Gasteiger partial charge in [-0.3, -0.25) is 0 Å². The fourth-order valence-corrected chi connectivity index (χ4v) is 4.57. The summed E-state index contributed by atoms with van der Waals surface area (Å²) < 4.78 is 38.6. The number of ether oxygens (including phenoxy) is 2. The summed E-state index contributed by atoms with van der Waals surface area (Å²) in [4.78, 5) is 0.276. The number of hydrogen-bond donors (Lipinski definition) is 2. The third-order valence-electron chi connectivity index (χ3n) is 4.46. The quantitative estimate of drug-likeness (QED) is 0.815. The van der Waals surface area contributed by atoms with E-state index < -0.39 is 15.4 Å². The minimum atomic E-state index is -3.65. The molecular weight excluding hydrogens is 318 g/mol. The maximum atomic E-state index is 12.7. The number of benzene rings is 1. The molecule has 0 bridgehead atoms. The van der Waals surface area contributed by atoms with Crippen molar-refractivity contribution >= 4 is 10.0 Å². The number of methoxy groups -OCH3 is 1. The first-order valence-corrected chi connectivity index (χ1v) is 9.15. The van der Waals surface area contributed by atoms with Crippen LogP contribution in [0.2, 0.25) is 0 Å². The molecule has 1 aliphatic rings. The van der Waals surface area contributed by atoms with Crippen LogP contribution >= 0.6 is 0 Å². The molecule has 0 aromatic heterocycles. The van der Waals surface area contributed by atoms with Crippen molar-refractivity contribution in [3.8, 4) is 5.75 Å². The maximum Gasteiger partial charge on any atom is 0.241 e. The predicted molar refractivity (Wildman–Crippen MR) is 87.2 cm³/mol. The Morgan fingerprint density at radius 2 is 1.83 bits per heavy atom. The summed E-state index contributed by atoms with van der Waals surface area (Å²) in [7, 11) is -2.10. The van der Waals surface area contributed by atoms with E-state index in [0.717, 1.165) is 0 Å². The van der Waals surface area contributed by atoms with E-state index in [4.69, 9.17) is 9.47 Å². The smallest absolute Gasteiger partial charge is 0.241 e. The average Bonchev–Trinajstić information content (AvgIpc) is 2.53. The lowest BCUT2D eigenvalue weighted by Gasteiger charge is -2.35. The number of aliphatic hydroxyl groups is 1. The van der Waals surface area contributed by atoms with Gasteiger partial charge in [-0.2, -0.15) is 0 Å². The zero-order valence-corrected chi connectivity index (χ0v) is 14.7. The highest BCUT2D eigenvalue weighted by molar-refractivity contribution is 7.89. The molecule has 0 aliphatic carbocycles. The van der Waals surface area contributed by atoms with Gasteiger partial charge in [0.25, 0.3) is 0 Å². The summed E-state index contributed by atoms with van der Waals surface area (Å²) in [6.45, 7) is 4.74. The van der Waals surface area contributed by atoms with Crippen LogP contribution in [0.1, 0.15) is 24.0 Å². The second-order valence-corrected chi connectivity index (χ2v) is 7.89. The summed E-state index contributed by atoms with van der Waals surface area (Å²) in [6, 6.07) is 3.41. The summed E-state index contributed by atoms with van der Waals surface area (Å²) >= 11 is 0. The highest BCUT2D eigenvalue weighted by Crippen LogP contribution is 2.31. The van der Waals surface area contributed by atoms with Crippen LogP contribution in [0.25, 0.3) is 0 Å². The first kappa shape index (κ1) is 18.2. The zero-order chi connectivity index (χ0) is 17.1. The Morgan fingerprint density at radius 3 is 2.30 bits per heavy atom. The molecule has 0 saturated carbocycles. The van der Waals surface area contributed by atoms with Crippen molar-refractivity contribution in [1.82, 2.24) is 4.72 Å². The standard InChI is InChI=1S/C16H25NO5S/c1-12-8-14(21-3)9-13(2)15(12)23(19,20)17-10-16(11-18)4-6-22-7-5-16/h8-9,17-18H,4-7,10-11H2,1-3H3. The number of nitrogens with one attached hydrogen (secondary N) is 1.